The third kappa shape index (κ3) is 7.32. The van der Waals surface area contributed by atoms with E-state index in [2.05, 4.69) is 74.9 Å². The zero-order valence-electron chi connectivity index (χ0n) is 14.5. The molecule has 0 aliphatic carbocycles. The maximum atomic E-state index is 3.89. The summed E-state index contributed by atoms with van der Waals surface area (Å²) in [5, 5.41) is 1.64. The van der Waals surface area contributed by atoms with E-state index in [4.69, 9.17) is 0 Å². The summed E-state index contributed by atoms with van der Waals surface area (Å²) in [4.78, 5) is 0. The minimum Gasteiger partial charge on any atom is -0.142 e. The Morgan fingerprint density at radius 1 is 1.19 bits per heavy atom. The fraction of sp³-hybridized carbons (Fsp3) is 0.722. The SMILES string of the molecule is C/C=C/C(=C=C(CCCCC)[Si](C)(C)C)C1SCCCS1. The Bertz CT molecular complexity index is 392. The van der Waals surface area contributed by atoms with E-state index >= 15 is 0 Å². The predicted octanol–water partition coefficient (Wildman–Crippen LogP) is 6.67. The fourth-order valence-corrected chi connectivity index (χ4v) is 6.65. The third-order valence-electron chi connectivity index (χ3n) is 3.66. The monoisotopic (exact) mass is 340 g/mol. The summed E-state index contributed by atoms with van der Waals surface area (Å²) in [6.45, 7) is 11.8. The first kappa shape index (κ1) is 19.2. The second-order valence-electron chi connectivity index (χ2n) is 6.69. The van der Waals surface area contributed by atoms with Gasteiger partial charge in [-0.05, 0) is 42.9 Å². The molecular weight excluding hydrogens is 308 g/mol. The van der Waals surface area contributed by atoms with Crippen molar-refractivity contribution in [3.05, 3.63) is 28.7 Å². The molecule has 0 saturated carbocycles. The first-order chi connectivity index (χ1) is 9.99. The van der Waals surface area contributed by atoms with Crippen molar-refractivity contribution in [2.75, 3.05) is 11.5 Å². The van der Waals surface area contributed by atoms with Gasteiger partial charge in [-0.25, -0.2) is 0 Å². The fourth-order valence-electron chi connectivity index (χ4n) is 2.38. The molecule has 0 atom stereocenters. The van der Waals surface area contributed by atoms with E-state index in [-0.39, 0.29) is 0 Å². The highest BCUT2D eigenvalue weighted by Crippen LogP contribution is 2.36. The molecule has 1 heterocycles. The molecular formula is C18H32S2Si. The van der Waals surface area contributed by atoms with Gasteiger partial charge in [0.1, 0.15) is 0 Å². The van der Waals surface area contributed by atoms with Crippen LogP contribution in [0.2, 0.25) is 19.6 Å². The van der Waals surface area contributed by atoms with Gasteiger partial charge in [0.15, 0.2) is 0 Å². The van der Waals surface area contributed by atoms with Crippen LogP contribution in [0.5, 0.6) is 0 Å². The van der Waals surface area contributed by atoms with Crippen LogP contribution in [0.4, 0.5) is 0 Å². The lowest BCUT2D eigenvalue weighted by Gasteiger charge is -2.23. The highest BCUT2D eigenvalue weighted by molar-refractivity contribution is 8.17. The lowest BCUT2D eigenvalue weighted by Crippen LogP contribution is -2.24. The summed E-state index contributed by atoms with van der Waals surface area (Å²) < 4.78 is 0.604. The van der Waals surface area contributed by atoms with E-state index in [1.807, 2.05) is 0 Å². The van der Waals surface area contributed by atoms with Gasteiger partial charge in [0.05, 0.1) is 12.7 Å². The average molecular weight is 341 g/mol. The van der Waals surface area contributed by atoms with Crippen LogP contribution in [0, 0.1) is 0 Å². The number of allylic oxidation sites excluding steroid dienone is 2. The summed E-state index contributed by atoms with van der Waals surface area (Å²) >= 11 is 4.21. The van der Waals surface area contributed by atoms with Crippen LogP contribution in [0.15, 0.2) is 28.7 Å². The summed E-state index contributed by atoms with van der Waals surface area (Å²) in [7, 11) is -1.26. The number of unbranched alkanes of at least 4 members (excludes halogenated alkanes) is 2. The van der Waals surface area contributed by atoms with Crippen LogP contribution in [0.1, 0.15) is 46.0 Å². The Hall–Kier alpha value is 0.177. The number of thioether (sulfide) groups is 2. The van der Waals surface area contributed by atoms with Gasteiger partial charge in [-0.15, -0.1) is 29.3 Å². The Labute approximate surface area is 141 Å². The highest BCUT2D eigenvalue weighted by atomic mass is 32.2. The van der Waals surface area contributed by atoms with Crippen LogP contribution in [0.25, 0.3) is 0 Å². The molecule has 0 bridgehead atoms. The second-order valence-corrected chi connectivity index (χ2v) is 14.5. The van der Waals surface area contributed by atoms with Crippen LogP contribution in [0.3, 0.4) is 0 Å². The van der Waals surface area contributed by atoms with E-state index in [0.29, 0.717) is 4.58 Å². The molecule has 0 N–H and O–H groups in total. The topological polar surface area (TPSA) is 0 Å². The van der Waals surface area contributed by atoms with Gasteiger partial charge in [-0.2, -0.15) is 0 Å². The molecule has 0 radical (unpaired) electrons. The first-order valence-corrected chi connectivity index (χ1v) is 13.9. The van der Waals surface area contributed by atoms with Crippen LogP contribution >= 0.6 is 23.5 Å². The molecule has 120 valence electrons. The Balaban J connectivity index is 3.06. The first-order valence-electron chi connectivity index (χ1n) is 8.35. The molecule has 0 unspecified atom stereocenters. The van der Waals surface area contributed by atoms with E-state index in [0.717, 1.165) is 0 Å². The lowest BCUT2D eigenvalue weighted by molar-refractivity contribution is 0.722. The van der Waals surface area contributed by atoms with Gasteiger partial charge in [0, 0.05) is 5.57 Å². The van der Waals surface area contributed by atoms with Gasteiger partial charge in [-0.3, -0.25) is 0 Å². The van der Waals surface area contributed by atoms with E-state index < -0.39 is 8.07 Å². The van der Waals surface area contributed by atoms with Crippen molar-refractivity contribution >= 4 is 31.6 Å². The molecule has 1 aliphatic heterocycles. The molecule has 0 aromatic rings. The Morgan fingerprint density at radius 2 is 1.86 bits per heavy atom. The van der Waals surface area contributed by atoms with E-state index in [9.17, 15) is 0 Å². The largest absolute Gasteiger partial charge is 0.142 e. The molecule has 1 fully saturated rings. The third-order valence-corrected chi connectivity index (χ3v) is 8.82. The standard InChI is InChI=1S/C18H32S2Si/c1-6-8-9-12-17(21(3,4)5)15-16(11-7-2)18-19-13-10-14-20-18/h7,11,18H,6,8-10,12-14H2,1-5H3/b11-7+. The molecule has 0 nitrogen and oxygen atoms in total. The highest BCUT2D eigenvalue weighted by Gasteiger charge is 2.21. The van der Waals surface area contributed by atoms with Gasteiger partial charge in [0.2, 0.25) is 0 Å². The van der Waals surface area contributed by atoms with Crippen molar-refractivity contribution in [3.63, 3.8) is 0 Å². The quantitative estimate of drug-likeness (QED) is 0.220. The smallest absolute Gasteiger partial charge is 0.0823 e. The summed E-state index contributed by atoms with van der Waals surface area (Å²) in [5.41, 5.74) is 5.32. The number of hydrogen-bond acceptors (Lipinski definition) is 2. The van der Waals surface area contributed by atoms with Gasteiger partial charge < -0.3 is 0 Å². The molecule has 0 spiro atoms. The number of rotatable bonds is 7. The predicted molar refractivity (Wildman–Crippen MR) is 106 cm³/mol. The maximum absolute atomic E-state index is 3.89. The molecule has 1 saturated heterocycles. The zero-order valence-corrected chi connectivity index (χ0v) is 17.1. The molecule has 0 aromatic heterocycles. The molecule has 0 aromatic carbocycles. The average Bonchev–Trinajstić information content (AvgIpc) is 2.45. The Kier molecular flexibility index (Phi) is 9.20. The minimum atomic E-state index is -1.26. The second kappa shape index (κ2) is 10.0. The van der Waals surface area contributed by atoms with Crippen molar-refractivity contribution < 1.29 is 0 Å². The van der Waals surface area contributed by atoms with Crippen LogP contribution in [-0.2, 0) is 0 Å². The Morgan fingerprint density at radius 3 is 2.38 bits per heavy atom. The van der Waals surface area contributed by atoms with E-state index in [1.165, 1.54) is 49.2 Å². The molecule has 1 rings (SSSR count). The summed E-state index contributed by atoms with van der Waals surface area (Å²) in [6, 6.07) is 0. The lowest BCUT2D eigenvalue weighted by atomic mass is 10.2. The van der Waals surface area contributed by atoms with Crippen molar-refractivity contribution in [2.24, 2.45) is 0 Å². The maximum Gasteiger partial charge on any atom is 0.0823 e. The van der Waals surface area contributed by atoms with Crippen LogP contribution < -0.4 is 0 Å². The van der Waals surface area contributed by atoms with Crippen molar-refractivity contribution in [1.29, 1.82) is 0 Å². The molecule has 21 heavy (non-hydrogen) atoms. The molecule has 1 aliphatic rings. The van der Waals surface area contributed by atoms with Crippen LogP contribution in [-0.4, -0.2) is 24.2 Å². The van der Waals surface area contributed by atoms with Crippen molar-refractivity contribution in [3.8, 4) is 0 Å². The van der Waals surface area contributed by atoms with Crippen molar-refractivity contribution in [2.45, 2.75) is 70.2 Å². The number of hydrogen-bond donors (Lipinski definition) is 0. The zero-order chi connectivity index (χ0) is 15.7. The minimum absolute atomic E-state index is 0.604. The van der Waals surface area contributed by atoms with Gasteiger partial charge in [0.25, 0.3) is 0 Å². The van der Waals surface area contributed by atoms with Crippen molar-refractivity contribution in [1.82, 2.24) is 0 Å². The molecule has 3 heteroatoms. The van der Waals surface area contributed by atoms with Gasteiger partial charge in [-0.1, -0.05) is 51.6 Å². The summed E-state index contributed by atoms with van der Waals surface area (Å²) in [6.07, 6.45) is 11.1. The summed E-state index contributed by atoms with van der Waals surface area (Å²) in [5.74, 6) is 2.61. The van der Waals surface area contributed by atoms with Gasteiger partial charge >= 0.3 is 0 Å². The van der Waals surface area contributed by atoms with E-state index in [1.54, 1.807) is 5.20 Å². The molecule has 0 amide bonds. The normalized spacial score (nSPS) is 17.0.